The van der Waals surface area contributed by atoms with Gasteiger partial charge in [-0.2, -0.15) is 0 Å². The van der Waals surface area contributed by atoms with Crippen LogP contribution >= 0.6 is 0 Å². The predicted molar refractivity (Wildman–Crippen MR) is 121 cm³/mol. The van der Waals surface area contributed by atoms with Gasteiger partial charge in [-0.3, -0.25) is 4.98 Å². The summed E-state index contributed by atoms with van der Waals surface area (Å²) >= 11 is 0. The number of hydrogen-bond acceptors (Lipinski definition) is 4. The van der Waals surface area contributed by atoms with Crippen molar-refractivity contribution < 1.29 is 14.3 Å². The number of urea groups is 1. The summed E-state index contributed by atoms with van der Waals surface area (Å²) in [5.74, 6) is 1.75. The third kappa shape index (κ3) is 3.46. The monoisotopic (exact) mass is 417 g/mol. The van der Waals surface area contributed by atoms with Crippen LogP contribution in [-0.2, 0) is 6.42 Å². The first kappa shape index (κ1) is 19.7. The molecule has 6 heteroatoms. The number of nitrogens with zero attached hydrogens (tertiary/aromatic N) is 2. The van der Waals surface area contributed by atoms with E-state index in [0.29, 0.717) is 6.54 Å². The molecule has 1 spiro atoms. The van der Waals surface area contributed by atoms with Crippen LogP contribution in [0.4, 0.5) is 4.79 Å². The SMILES string of the molecule is CCNC(=O)N1CCC2(CC1)Cc1cc(-c3ccc4cccnc4c3OC)ccc1O2. The molecule has 1 N–H and O–H groups in total. The fraction of sp³-hybridized carbons (Fsp3) is 0.360. The van der Waals surface area contributed by atoms with Crippen molar-refractivity contribution >= 4 is 16.9 Å². The fourth-order valence-electron chi connectivity index (χ4n) is 4.81. The van der Waals surface area contributed by atoms with Crippen molar-refractivity contribution in [3.63, 3.8) is 0 Å². The Kier molecular flexibility index (Phi) is 4.93. The number of nitrogens with one attached hydrogen (secondary N) is 1. The Bertz CT molecular complexity index is 1140. The van der Waals surface area contributed by atoms with Gasteiger partial charge in [0.25, 0.3) is 0 Å². The minimum Gasteiger partial charge on any atom is -0.494 e. The van der Waals surface area contributed by atoms with E-state index >= 15 is 0 Å². The van der Waals surface area contributed by atoms with Crippen molar-refractivity contribution in [3.05, 3.63) is 54.2 Å². The summed E-state index contributed by atoms with van der Waals surface area (Å²) in [5.41, 5.74) is 4.01. The quantitative estimate of drug-likeness (QED) is 0.686. The lowest BCUT2D eigenvalue weighted by Crippen LogP contribution is -2.51. The van der Waals surface area contributed by atoms with Crippen LogP contribution in [0, 0.1) is 0 Å². The van der Waals surface area contributed by atoms with Crippen molar-refractivity contribution in [2.24, 2.45) is 0 Å². The summed E-state index contributed by atoms with van der Waals surface area (Å²) in [4.78, 5) is 18.5. The number of benzene rings is 2. The molecule has 1 saturated heterocycles. The molecule has 1 aromatic heterocycles. The topological polar surface area (TPSA) is 63.7 Å². The molecule has 3 heterocycles. The maximum Gasteiger partial charge on any atom is 0.317 e. The first-order chi connectivity index (χ1) is 15.1. The Hall–Kier alpha value is -3.28. The van der Waals surface area contributed by atoms with Gasteiger partial charge in [-0.1, -0.05) is 18.2 Å². The maximum absolute atomic E-state index is 12.1. The molecule has 3 aromatic rings. The van der Waals surface area contributed by atoms with Crippen molar-refractivity contribution in [2.75, 3.05) is 26.7 Å². The largest absolute Gasteiger partial charge is 0.494 e. The molecule has 0 unspecified atom stereocenters. The number of methoxy groups -OCH3 is 1. The molecule has 0 atom stereocenters. The molecule has 2 aliphatic rings. The number of carbonyl (C=O) groups is 1. The fourth-order valence-corrected chi connectivity index (χ4v) is 4.81. The van der Waals surface area contributed by atoms with Crippen LogP contribution in [0.2, 0.25) is 0 Å². The number of fused-ring (bicyclic) bond motifs is 2. The lowest BCUT2D eigenvalue weighted by molar-refractivity contribution is 0.0303. The highest BCUT2D eigenvalue weighted by atomic mass is 16.5. The summed E-state index contributed by atoms with van der Waals surface area (Å²) in [5, 5.41) is 3.95. The van der Waals surface area contributed by atoms with Crippen LogP contribution < -0.4 is 14.8 Å². The number of carbonyl (C=O) groups excluding carboxylic acids is 1. The highest BCUT2D eigenvalue weighted by molar-refractivity contribution is 5.92. The number of piperidine rings is 1. The highest BCUT2D eigenvalue weighted by Crippen LogP contribution is 2.44. The average Bonchev–Trinajstić information content (AvgIpc) is 3.15. The number of amides is 2. The minimum atomic E-state index is -0.209. The summed E-state index contributed by atoms with van der Waals surface area (Å²) < 4.78 is 12.2. The zero-order valence-corrected chi connectivity index (χ0v) is 18.0. The van der Waals surface area contributed by atoms with E-state index in [2.05, 4.69) is 40.6 Å². The first-order valence-corrected chi connectivity index (χ1v) is 10.9. The normalized spacial score (nSPS) is 16.8. The van der Waals surface area contributed by atoms with Crippen LogP contribution in [0.3, 0.4) is 0 Å². The Labute approximate surface area is 182 Å². The van der Waals surface area contributed by atoms with Gasteiger partial charge in [-0.25, -0.2) is 4.79 Å². The lowest BCUT2D eigenvalue weighted by atomic mass is 9.86. The number of likely N-dealkylation sites (tertiary alicyclic amines) is 1. The average molecular weight is 418 g/mol. The number of ether oxygens (including phenoxy) is 2. The second kappa shape index (κ2) is 7.76. The zero-order chi connectivity index (χ0) is 21.4. The molecular weight excluding hydrogens is 390 g/mol. The van der Waals surface area contributed by atoms with Gasteiger partial charge >= 0.3 is 6.03 Å². The standard InChI is InChI=1S/C25H27N3O3/c1-3-26-24(29)28-13-10-25(11-14-28)16-19-15-18(7-9-21(19)31-25)20-8-6-17-5-4-12-27-22(17)23(20)30-2/h4-9,12,15H,3,10-11,13-14,16H2,1-2H3,(H,26,29). The third-order valence-corrected chi connectivity index (χ3v) is 6.43. The van der Waals surface area contributed by atoms with Crippen LogP contribution in [0.1, 0.15) is 25.3 Å². The Morgan fingerprint density at radius 2 is 2.06 bits per heavy atom. The molecule has 5 rings (SSSR count). The molecule has 31 heavy (non-hydrogen) atoms. The van der Waals surface area contributed by atoms with E-state index in [1.807, 2.05) is 24.0 Å². The van der Waals surface area contributed by atoms with Crippen molar-refractivity contribution in [3.8, 4) is 22.6 Å². The molecule has 160 valence electrons. The second-order valence-corrected chi connectivity index (χ2v) is 8.33. The van der Waals surface area contributed by atoms with E-state index in [1.54, 1.807) is 13.3 Å². The lowest BCUT2D eigenvalue weighted by Gasteiger charge is -2.38. The van der Waals surface area contributed by atoms with E-state index in [9.17, 15) is 4.79 Å². The van der Waals surface area contributed by atoms with Gasteiger partial charge in [0, 0.05) is 56.0 Å². The number of rotatable bonds is 3. The number of hydrogen-bond donors (Lipinski definition) is 1. The molecule has 2 amide bonds. The summed E-state index contributed by atoms with van der Waals surface area (Å²) in [6.07, 6.45) is 4.35. The minimum absolute atomic E-state index is 0.0205. The summed E-state index contributed by atoms with van der Waals surface area (Å²) in [6.45, 7) is 4.03. The molecule has 2 aromatic carbocycles. The van der Waals surface area contributed by atoms with Crippen molar-refractivity contribution in [2.45, 2.75) is 31.8 Å². The molecule has 0 bridgehead atoms. The van der Waals surface area contributed by atoms with Gasteiger partial charge in [0.1, 0.15) is 16.9 Å². The molecule has 0 aliphatic carbocycles. The van der Waals surface area contributed by atoms with Gasteiger partial charge in [-0.15, -0.1) is 0 Å². The van der Waals surface area contributed by atoms with Crippen LogP contribution in [0.25, 0.3) is 22.0 Å². The molecular formula is C25H27N3O3. The smallest absolute Gasteiger partial charge is 0.317 e. The van der Waals surface area contributed by atoms with Gasteiger partial charge in [0.15, 0.2) is 5.75 Å². The van der Waals surface area contributed by atoms with E-state index in [-0.39, 0.29) is 11.6 Å². The van der Waals surface area contributed by atoms with Crippen LogP contribution in [0.5, 0.6) is 11.5 Å². The summed E-state index contributed by atoms with van der Waals surface area (Å²) in [7, 11) is 1.70. The first-order valence-electron chi connectivity index (χ1n) is 10.9. The highest BCUT2D eigenvalue weighted by Gasteiger charge is 2.42. The van der Waals surface area contributed by atoms with E-state index < -0.39 is 0 Å². The van der Waals surface area contributed by atoms with Gasteiger partial charge in [0.05, 0.1) is 7.11 Å². The number of aromatic nitrogens is 1. The third-order valence-electron chi connectivity index (χ3n) is 6.43. The van der Waals surface area contributed by atoms with Crippen LogP contribution in [0.15, 0.2) is 48.7 Å². The molecule has 0 radical (unpaired) electrons. The molecule has 1 fully saturated rings. The number of pyridine rings is 1. The maximum atomic E-state index is 12.1. The molecule has 6 nitrogen and oxygen atoms in total. The van der Waals surface area contributed by atoms with E-state index in [1.165, 1.54) is 5.56 Å². The Morgan fingerprint density at radius 3 is 2.84 bits per heavy atom. The van der Waals surface area contributed by atoms with E-state index in [0.717, 1.165) is 65.9 Å². The van der Waals surface area contributed by atoms with Gasteiger partial charge in [-0.05, 0) is 42.3 Å². The van der Waals surface area contributed by atoms with Crippen molar-refractivity contribution in [1.82, 2.24) is 15.2 Å². The van der Waals surface area contributed by atoms with Crippen LogP contribution in [-0.4, -0.2) is 48.3 Å². The predicted octanol–water partition coefficient (Wildman–Crippen LogP) is 4.41. The van der Waals surface area contributed by atoms with Gasteiger partial charge < -0.3 is 19.7 Å². The molecule has 0 saturated carbocycles. The van der Waals surface area contributed by atoms with E-state index in [4.69, 9.17) is 9.47 Å². The molecule has 2 aliphatic heterocycles. The Balaban J connectivity index is 1.40. The van der Waals surface area contributed by atoms with Crippen molar-refractivity contribution in [1.29, 1.82) is 0 Å². The van der Waals surface area contributed by atoms with Gasteiger partial charge in [0.2, 0.25) is 0 Å². The Morgan fingerprint density at radius 1 is 1.23 bits per heavy atom. The zero-order valence-electron chi connectivity index (χ0n) is 18.0. The second-order valence-electron chi connectivity index (χ2n) is 8.33. The summed E-state index contributed by atoms with van der Waals surface area (Å²) in [6, 6.07) is 14.6.